The number of aromatic carboxylic acids is 1. The second-order valence-electron chi connectivity index (χ2n) is 6.34. The molecule has 0 radical (unpaired) electrons. The van der Waals surface area contributed by atoms with Crippen LogP contribution >= 0.6 is 11.6 Å². The SMILES string of the molecule is O=C(O)c1ccc(NC(=O)c2cc(Cl)c(OC3CCC3)c(C(F)(F)F)c2)cc1. The summed E-state index contributed by atoms with van der Waals surface area (Å²) >= 11 is 6.00. The number of hydrogen-bond acceptors (Lipinski definition) is 3. The van der Waals surface area contributed by atoms with E-state index in [0.717, 1.165) is 12.5 Å². The molecule has 0 atom stereocenters. The van der Waals surface area contributed by atoms with Crippen molar-refractivity contribution in [3.05, 3.63) is 58.1 Å². The normalized spacial score (nSPS) is 14.3. The van der Waals surface area contributed by atoms with Crippen molar-refractivity contribution in [1.82, 2.24) is 0 Å². The molecule has 1 amide bonds. The number of halogens is 4. The summed E-state index contributed by atoms with van der Waals surface area (Å²) in [5.41, 5.74) is -1.16. The number of carbonyl (C=O) groups is 2. The van der Waals surface area contributed by atoms with E-state index >= 15 is 0 Å². The van der Waals surface area contributed by atoms with Crippen molar-refractivity contribution in [2.75, 3.05) is 5.32 Å². The fourth-order valence-corrected chi connectivity index (χ4v) is 2.87. The Kier molecular flexibility index (Phi) is 5.51. The topological polar surface area (TPSA) is 75.6 Å². The highest BCUT2D eigenvalue weighted by Crippen LogP contribution is 2.43. The number of benzene rings is 2. The summed E-state index contributed by atoms with van der Waals surface area (Å²) in [6.07, 6.45) is -2.87. The summed E-state index contributed by atoms with van der Waals surface area (Å²) in [5.74, 6) is -2.42. The molecule has 0 aromatic heterocycles. The molecular formula is C19H15ClF3NO4. The molecule has 0 heterocycles. The maximum absolute atomic E-state index is 13.5. The van der Waals surface area contributed by atoms with Gasteiger partial charge in [-0.1, -0.05) is 11.6 Å². The zero-order valence-corrected chi connectivity index (χ0v) is 15.1. The van der Waals surface area contributed by atoms with Gasteiger partial charge in [0.05, 0.1) is 22.3 Å². The van der Waals surface area contributed by atoms with E-state index in [9.17, 15) is 22.8 Å². The number of alkyl halides is 3. The third-order valence-electron chi connectivity index (χ3n) is 4.34. The molecule has 0 aliphatic heterocycles. The Morgan fingerprint density at radius 1 is 1.11 bits per heavy atom. The summed E-state index contributed by atoms with van der Waals surface area (Å²) < 4.78 is 45.8. The number of carbonyl (C=O) groups excluding carboxylic acids is 1. The Balaban J connectivity index is 1.87. The van der Waals surface area contributed by atoms with Crippen LogP contribution < -0.4 is 10.1 Å². The van der Waals surface area contributed by atoms with Gasteiger partial charge in [-0.25, -0.2) is 4.79 Å². The van der Waals surface area contributed by atoms with E-state index < -0.39 is 29.4 Å². The number of nitrogens with one attached hydrogen (secondary N) is 1. The second kappa shape index (κ2) is 7.71. The highest BCUT2D eigenvalue weighted by Gasteiger charge is 2.38. The molecule has 1 aliphatic rings. The molecular weight excluding hydrogens is 399 g/mol. The molecule has 0 unspecified atom stereocenters. The zero-order chi connectivity index (χ0) is 20.5. The average molecular weight is 414 g/mol. The second-order valence-corrected chi connectivity index (χ2v) is 6.75. The van der Waals surface area contributed by atoms with Gasteiger partial charge in [-0.15, -0.1) is 0 Å². The van der Waals surface area contributed by atoms with Gasteiger partial charge in [0.15, 0.2) is 5.75 Å². The quantitative estimate of drug-likeness (QED) is 0.702. The van der Waals surface area contributed by atoms with Crippen molar-refractivity contribution in [2.24, 2.45) is 0 Å². The molecule has 2 aromatic rings. The minimum Gasteiger partial charge on any atom is -0.488 e. The van der Waals surface area contributed by atoms with Crippen molar-refractivity contribution < 1.29 is 32.6 Å². The van der Waals surface area contributed by atoms with Crippen LogP contribution in [0.1, 0.15) is 45.5 Å². The lowest BCUT2D eigenvalue weighted by Crippen LogP contribution is -2.26. The number of carboxylic acids is 1. The summed E-state index contributed by atoms with van der Waals surface area (Å²) in [7, 11) is 0. The van der Waals surface area contributed by atoms with E-state index in [2.05, 4.69) is 5.32 Å². The van der Waals surface area contributed by atoms with Gasteiger partial charge in [-0.05, 0) is 55.7 Å². The van der Waals surface area contributed by atoms with Crippen LogP contribution in [0.15, 0.2) is 36.4 Å². The van der Waals surface area contributed by atoms with E-state index in [1.807, 2.05) is 0 Å². The lowest BCUT2D eigenvalue weighted by Gasteiger charge is -2.28. The molecule has 0 spiro atoms. The van der Waals surface area contributed by atoms with E-state index in [-0.39, 0.29) is 27.9 Å². The maximum atomic E-state index is 13.5. The maximum Gasteiger partial charge on any atom is 0.420 e. The monoisotopic (exact) mass is 413 g/mol. The number of anilines is 1. The summed E-state index contributed by atoms with van der Waals surface area (Å²) in [5, 5.41) is 11.0. The molecule has 1 aliphatic carbocycles. The first-order chi connectivity index (χ1) is 13.1. The van der Waals surface area contributed by atoms with E-state index in [1.54, 1.807) is 0 Å². The largest absolute Gasteiger partial charge is 0.488 e. The fraction of sp³-hybridized carbons (Fsp3) is 0.263. The first-order valence-corrected chi connectivity index (χ1v) is 8.75. The lowest BCUT2D eigenvalue weighted by molar-refractivity contribution is -0.139. The van der Waals surface area contributed by atoms with Gasteiger partial charge in [0.2, 0.25) is 0 Å². The number of amides is 1. The highest BCUT2D eigenvalue weighted by molar-refractivity contribution is 6.32. The molecule has 2 N–H and O–H groups in total. The Hall–Kier alpha value is -2.74. The number of hydrogen-bond donors (Lipinski definition) is 2. The molecule has 2 aromatic carbocycles. The van der Waals surface area contributed by atoms with Crippen molar-refractivity contribution in [1.29, 1.82) is 0 Å². The van der Waals surface area contributed by atoms with Crippen LogP contribution in [0.5, 0.6) is 5.75 Å². The summed E-state index contributed by atoms with van der Waals surface area (Å²) in [6.45, 7) is 0. The lowest BCUT2D eigenvalue weighted by atomic mass is 9.96. The van der Waals surface area contributed by atoms with Crippen molar-refractivity contribution >= 4 is 29.2 Å². The first kappa shape index (κ1) is 20.0. The third-order valence-corrected chi connectivity index (χ3v) is 4.62. The number of carboxylic acid groups (broad SMARTS) is 1. The van der Waals surface area contributed by atoms with Crippen LogP contribution in [0, 0.1) is 0 Å². The van der Waals surface area contributed by atoms with Crippen LogP contribution in [-0.2, 0) is 6.18 Å². The van der Waals surface area contributed by atoms with Gasteiger partial charge in [-0.2, -0.15) is 13.2 Å². The van der Waals surface area contributed by atoms with Crippen LogP contribution in [0.3, 0.4) is 0 Å². The molecule has 0 bridgehead atoms. The van der Waals surface area contributed by atoms with Crippen molar-refractivity contribution in [3.63, 3.8) is 0 Å². The highest BCUT2D eigenvalue weighted by atomic mass is 35.5. The number of rotatable bonds is 5. The summed E-state index contributed by atoms with van der Waals surface area (Å²) in [6, 6.07) is 7.01. The van der Waals surface area contributed by atoms with Gasteiger partial charge in [0.25, 0.3) is 5.91 Å². The Morgan fingerprint density at radius 2 is 1.75 bits per heavy atom. The predicted octanol–water partition coefficient (Wildman–Crippen LogP) is 5.24. The van der Waals surface area contributed by atoms with Crippen LogP contribution in [-0.4, -0.2) is 23.1 Å². The predicted molar refractivity (Wildman–Crippen MR) is 96.1 cm³/mol. The first-order valence-electron chi connectivity index (χ1n) is 8.37. The van der Waals surface area contributed by atoms with Gasteiger partial charge in [0, 0.05) is 11.3 Å². The molecule has 148 valence electrons. The third kappa shape index (κ3) is 4.39. The summed E-state index contributed by atoms with van der Waals surface area (Å²) in [4.78, 5) is 23.2. The Labute approximate surface area is 163 Å². The van der Waals surface area contributed by atoms with Crippen molar-refractivity contribution in [3.8, 4) is 5.75 Å². The number of ether oxygens (including phenoxy) is 1. The standard InChI is InChI=1S/C19H15ClF3NO4/c20-15-9-11(17(25)24-12-6-4-10(5-7-12)18(26)27)8-14(19(21,22)23)16(15)28-13-2-1-3-13/h4-9,13H,1-3H2,(H,24,25)(H,26,27). The minimum absolute atomic E-state index is 0.0119. The zero-order valence-electron chi connectivity index (χ0n) is 14.3. The van der Waals surface area contributed by atoms with Gasteiger partial charge >= 0.3 is 12.1 Å². The molecule has 1 saturated carbocycles. The van der Waals surface area contributed by atoms with Crippen LogP contribution in [0.2, 0.25) is 5.02 Å². The Bertz CT molecular complexity index is 909. The molecule has 3 rings (SSSR count). The Morgan fingerprint density at radius 3 is 2.25 bits per heavy atom. The van der Waals surface area contributed by atoms with Crippen LogP contribution in [0.25, 0.3) is 0 Å². The van der Waals surface area contributed by atoms with Gasteiger partial charge in [-0.3, -0.25) is 4.79 Å². The molecule has 0 saturated heterocycles. The van der Waals surface area contributed by atoms with Crippen molar-refractivity contribution in [2.45, 2.75) is 31.5 Å². The van der Waals surface area contributed by atoms with E-state index in [1.165, 1.54) is 24.3 Å². The molecule has 9 heteroatoms. The molecule has 28 heavy (non-hydrogen) atoms. The van der Waals surface area contributed by atoms with Crippen LogP contribution in [0.4, 0.5) is 18.9 Å². The van der Waals surface area contributed by atoms with Gasteiger partial charge in [0.1, 0.15) is 0 Å². The van der Waals surface area contributed by atoms with E-state index in [0.29, 0.717) is 18.9 Å². The minimum atomic E-state index is -4.75. The van der Waals surface area contributed by atoms with Gasteiger partial charge < -0.3 is 15.2 Å². The molecule has 5 nitrogen and oxygen atoms in total. The fourth-order valence-electron chi connectivity index (χ4n) is 2.61. The average Bonchev–Trinajstić information content (AvgIpc) is 2.58. The molecule has 1 fully saturated rings. The smallest absolute Gasteiger partial charge is 0.420 e. The van der Waals surface area contributed by atoms with E-state index in [4.69, 9.17) is 21.4 Å².